The van der Waals surface area contributed by atoms with Gasteiger partial charge in [-0.15, -0.1) is 0 Å². The van der Waals surface area contributed by atoms with Crippen LogP contribution in [-0.2, 0) is 0 Å². The first kappa shape index (κ1) is 19.5. The van der Waals surface area contributed by atoms with Crippen molar-refractivity contribution in [1.82, 2.24) is 5.43 Å². The molecule has 134 valence electrons. The van der Waals surface area contributed by atoms with Gasteiger partial charge in [0.1, 0.15) is 5.75 Å². The van der Waals surface area contributed by atoms with Crippen molar-refractivity contribution in [2.45, 2.75) is 25.9 Å². The molecule has 1 amide bonds. The molecule has 0 aliphatic rings. The summed E-state index contributed by atoms with van der Waals surface area (Å²) in [5.41, 5.74) is 4.24. The molecule has 0 saturated carbocycles. The van der Waals surface area contributed by atoms with Crippen molar-refractivity contribution in [2.75, 3.05) is 0 Å². The van der Waals surface area contributed by atoms with Crippen LogP contribution >= 0.6 is 11.6 Å². The van der Waals surface area contributed by atoms with Crippen LogP contribution in [0.15, 0.2) is 47.6 Å². The number of rotatable bonds is 5. The number of amides is 1. The molecule has 0 bridgehead atoms. The van der Waals surface area contributed by atoms with Crippen molar-refractivity contribution in [3.05, 3.63) is 64.2 Å². The van der Waals surface area contributed by atoms with Gasteiger partial charge in [-0.2, -0.15) is 5.10 Å². The second kappa shape index (κ2) is 9.62. The van der Waals surface area contributed by atoms with Crippen LogP contribution in [0.1, 0.15) is 41.3 Å². The zero-order valence-electron chi connectivity index (χ0n) is 14.2. The standard InChI is InChI=1S/C20H19ClN2O3/c1-2-16(24)5-3-4-14-6-8-15(9-7-14)13-22-23-20(26)18-11-10-17(25)12-19(18)21/h6-13,16,24-25H,2,5H2,1H3,(H,23,26). The Morgan fingerprint density at radius 3 is 2.69 bits per heavy atom. The summed E-state index contributed by atoms with van der Waals surface area (Å²) in [4.78, 5) is 12.0. The zero-order chi connectivity index (χ0) is 18.9. The first-order valence-electron chi connectivity index (χ1n) is 8.08. The molecule has 0 heterocycles. The molecule has 1 unspecified atom stereocenters. The third-order valence-corrected chi connectivity index (χ3v) is 3.84. The third-order valence-electron chi connectivity index (χ3n) is 3.53. The SMILES string of the molecule is CCC(O)CC#Cc1ccc(C=NNC(=O)c2ccc(O)cc2Cl)cc1. The predicted molar refractivity (Wildman–Crippen MR) is 102 cm³/mol. The quantitative estimate of drug-likeness (QED) is 0.429. The molecule has 2 aromatic rings. The van der Waals surface area contributed by atoms with Crippen molar-refractivity contribution in [2.24, 2.45) is 5.10 Å². The second-order valence-electron chi connectivity index (χ2n) is 5.55. The van der Waals surface area contributed by atoms with E-state index in [9.17, 15) is 15.0 Å². The molecule has 0 aliphatic heterocycles. The fourth-order valence-corrected chi connectivity index (χ4v) is 2.24. The largest absolute Gasteiger partial charge is 0.508 e. The molecule has 0 aromatic heterocycles. The van der Waals surface area contributed by atoms with Crippen LogP contribution in [0.4, 0.5) is 0 Å². The summed E-state index contributed by atoms with van der Waals surface area (Å²) in [5.74, 6) is 5.44. The molecule has 0 spiro atoms. The molecule has 26 heavy (non-hydrogen) atoms. The van der Waals surface area contributed by atoms with Crippen LogP contribution < -0.4 is 5.43 Å². The van der Waals surface area contributed by atoms with Crippen molar-refractivity contribution >= 4 is 23.7 Å². The Hall–Kier alpha value is -2.81. The Bertz CT molecular complexity index is 852. The maximum Gasteiger partial charge on any atom is 0.272 e. The highest BCUT2D eigenvalue weighted by molar-refractivity contribution is 6.34. The summed E-state index contributed by atoms with van der Waals surface area (Å²) in [6, 6.07) is 11.4. The molecule has 5 nitrogen and oxygen atoms in total. The van der Waals surface area contributed by atoms with Gasteiger partial charge in [-0.3, -0.25) is 4.79 Å². The average Bonchev–Trinajstić information content (AvgIpc) is 2.62. The van der Waals surface area contributed by atoms with Gasteiger partial charge < -0.3 is 10.2 Å². The van der Waals surface area contributed by atoms with Crippen molar-refractivity contribution < 1.29 is 15.0 Å². The van der Waals surface area contributed by atoms with E-state index >= 15 is 0 Å². The number of hydrogen-bond donors (Lipinski definition) is 3. The van der Waals surface area contributed by atoms with Crippen molar-refractivity contribution in [3.8, 4) is 17.6 Å². The zero-order valence-corrected chi connectivity index (χ0v) is 15.0. The van der Waals surface area contributed by atoms with Crippen LogP contribution in [0.2, 0.25) is 5.02 Å². The fourth-order valence-electron chi connectivity index (χ4n) is 1.98. The molecule has 1 atom stereocenters. The number of aliphatic hydroxyl groups is 1. The lowest BCUT2D eigenvalue weighted by Gasteiger charge is -2.03. The molecule has 2 rings (SSSR count). The van der Waals surface area contributed by atoms with E-state index in [0.29, 0.717) is 12.8 Å². The number of carbonyl (C=O) groups excluding carboxylic acids is 1. The van der Waals surface area contributed by atoms with E-state index in [0.717, 1.165) is 11.1 Å². The number of phenols is 1. The minimum Gasteiger partial charge on any atom is -0.508 e. The van der Waals surface area contributed by atoms with E-state index in [1.54, 1.807) is 0 Å². The second-order valence-corrected chi connectivity index (χ2v) is 5.96. The van der Waals surface area contributed by atoms with Gasteiger partial charge in [-0.05, 0) is 42.3 Å². The van der Waals surface area contributed by atoms with Gasteiger partial charge >= 0.3 is 0 Å². The highest BCUT2D eigenvalue weighted by Gasteiger charge is 2.09. The number of nitrogens with zero attached hydrogens (tertiary/aromatic N) is 1. The topological polar surface area (TPSA) is 81.9 Å². The maximum absolute atomic E-state index is 12.0. The number of nitrogens with one attached hydrogen (secondary N) is 1. The van der Waals surface area contributed by atoms with Crippen LogP contribution in [0.25, 0.3) is 0 Å². The van der Waals surface area contributed by atoms with Crippen LogP contribution in [0.5, 0.6) is 5.75 Å². The fraction of sp³-hybridized carbons (Fsp3) is 0.200. The van der Waals surface area contributed by atoms with E-state index in [1.807, 2.05) is 31.2 Å². The number of benzene rings is 2. The van der Waals surface area contributed by atoms with Crippen LogP contribution in [0.3, 0.4) is 0 Å². The number of aliphatic hydroxyl groups excluding tert-OH is 1. The number of hydrogen-bond acceptors (Lipinski definition) is 4. The van der Waals surface area contributed by atoms with Crippen LogP contribution in [-0.4, -0.2) is 28.4 Å². The van der Waals surface area contributed by atoms with E-state index in [4.69, 9.17) is 11.6 Å². The molecule has 3 N–H and O–H groups in total. The van der Waals surface area contributed by atoms with Gasteiger partial charge in [0.15, 0.2) is 0 Å². The predicted octanol–water partition coefficient (Wildman–Crippen LogP) is 3.32. The van der Waals surface area contributed by atoms with Crippen molar-refractivity contribution in [3.63, 3.8) is 0 Å². The monoisotopic (exact) mass is 370 g/mol. The molecule has 6 heteroatoms. The summed E-state index contributed by atoms with van der Waals surface area (Å²) in [6.45, 7) is 1.91. The summed E-state index contributed by atoms with van der Waals surface area (Å²) < 4.78 is 0. The lowest BCUT2D eigenvalue weighted by atomic mass is 10.1. The minimum absolute atomic E-state index is 0.0116. The van der Waals surface area contributed by atoms with E-state index in [2.05, 4.69) is 22.4 Å². The molecule has 0 aliphatic carbocycles. The Morgan fingerprint density at radius 1 is 1.31 bits per heavy atom. The van der Waals surface area contributed by atoms with Gasteiger partial charge in [-0.25, -0.2) is 5.43 Å². The van der Waals surface area contributed by atoms with E-state index in [1.165, 1.54) is 24.4 Å². The maximum atomic E-state index is 12.0. The first-order chi connectivity index (χ1) is 12.5. The number of phenolic OH excluding ortho intramolecular Hbond substituents is 1. The lowest BCUT2D eigenvalue weighted by molar-refractivity contribution is 0.0955. The lowest BCUT2D eigenvalue weighted by Crippen LogP contribution is -2.17. The summed E-state index contributed by atoms with van der Waals surface area (Å²) in [6.07, 6.45) is 2.25. The molecular weight excluding hydrogens is 352 g/mol. The highest BCUT2D eigenvalue weighted by atomic mass is 35.5. The Labute approximate surface area is 157 Å². The normalized spacial score (nSPS) is 11.7. The van der Waals surface area contributed by atoms with Crippen LogP contribution in [0, 0.1) is 11.8 Å². The van der Waals surface area contributed by atoms with E-state index in [-0.39, 0.29) is 22.4 Å². The highest BCUT2D eigenvalue weighted by Crippen LogP contribution is 2.21. The van der Waals surface area contributed by atoms with E-state index < -0.39 is 5.91 Å². The first-order valence-corrected chi connectivity index (χ1v) is 8.46. The molecule has 0 saturated heterocycles. The van der Waals surface area contributed by atoms with Crippen molar-refractivity contribution in [1.29, 1.82) is 0 Å². The smallest absolute Gasteiger partial charge is 0.272 e. The van der Waals surface area contributed by atoms with Gasteiger partial charge in [0, 0.05) is 12.0 Å². The summed E-state index contributed by atoms with van der Waals surface area (Å²) in [7, 11) is 0. The van der Waals surface area contributed by atoms with Gasteiger partial charge in [0.05, 0.1) is 22.9 Å². The summed E-state index contributed by atoms with van der Waals surface area (Å²) in [5, 5.41) is 22.8. The molecule has 2 aromatic carbocycles. The minimum atomic E-state index is -0.469. The summed E-state index contributed by atoms with van der Waals surface area (Å²) >= 11 is 5.91. The third kappa shape index (κ3) is 5.92. The Morgan fingerprint density at radius 2 is 2.04 bits per heavy atom. The number of carbonyl (C=O) groups is 1. The average molecular weight is 371 g/mol. The Kier molecular flexibility index (Phi) is 7.22. The number of hydrazone groups is 1. The number of halogens is 1. The molecule has 0 fully saturated rings. The van der Waals surface area contributed by atoms with Gasteiger partial charge in [-0.1, -0.05) is 42.5 Å². The molecule has 0 radical (unpaired) electrons. The number of aromatic hydroxyl groups is 1. The molecular formula is C20H19ClN2O3. The van der Waals surface area contributed by atoms with Gasteiger partial charge in [0.25, 0.3) is 5.91 Å². The van der Waals surface area contributed by atoms with Gasteiger partial charge in [0.2, 0.25) is 0 Å². The Balaban J connectivity index is 1.93.